The summed E-state index contributed by atoms with van der Waals surface area (Å²) in [6, 6.07) is 8.74. The number of amides is 1. The number of benzene rings is 1. The Kier molecular flexibility index (Phi) is 3.22. The molecular weight excluding hydrogens is 292 g/mol. The summed E-state index contributed by atoms with van der Waals surface area (Å²) in [6.45, 7) is 0.711. The molecule has 2 N–H and O–H groups in total. The molecule has 3 heterocycles. The molecule has 0 aliphatic carbocycles. The predicted octanol–water partition coefficient (Wildman–Crippen LogP) is 1.47. The highest BCUT2D eigenvalue weighted by atomic mass is 16.2. The highest BCUT2D eigenvalue weighted by Crippen LogP contribution is 2.17. The molecule has 1 aliphatic rings. The minimum absolute atomic E-state index is 0.0437. The Morgan fingerprint density at radius 1 is 1.35 bits per heavy atom. The third-order valence-electron chi connectivity index (χ3n) is 4.27. The van der Waals surface area contributed by atoms with Crippen LogP contribution in [0, 0.1) is 0 Å². The molecule has 0 radical (unpaired) electrons. The maximum atomic E-state index is 12.6. The first kappa shape index (κ1) is 13.8. The van der Waals surface area contributed by atoms with Crippen LogP contribution >= 0.6 is 0 Å². The number of nitrogens with one attached hydrogen (secondary N) is 2. The molecule has 1 aliphatic heterocycles. The number of hydrogen-bond donors (Lipinski definition) is 2. The van der Waals surface area contributed by atoms with Crippen molar-refractivity contribution in [2.45, 2.75) is 25.4 Å². The van der Waals surface area contributed by atoms with Crippen molar-refractivity contribution >= 4 is 16.8 Å². The van der Waals surface area contributed by atoms with Crippen LogP contribution in [0.1, 0.15) is 22.6 Å². The number of pyridine rings is 1. The Labute approximate surface area is 132 Å². The molecule has 0 spiro atoms. The molecular formula is C17H16N4O2. The van der Waals surface area contributed by atoms with Crippen molar-refractivity contribution in [2.24, 2.45) is 0 Å². The van der Waals surface area contributed by atoms with Gasteiger partial charge in [0.25, 0.3) is 5.91 Å². The van der Waals surface area contributed by atoms with Crippen LogP contribution < -0.4 is 10.9 Å². The third-order valence-corrected chi connectivity index (χ3v) is 4.27. The van der Waals surface area contributed by atoms with E-state index in [4.69, 9.17) is 0 Å². The minimum atomic E-state index is -0.269. The van der Waals surface area contributed by atoms with Crippen LogP contribution in [0.4, 0.5) is 0 Å². The van der Waals surface area contributed by atoms with E-state index in [1.54, 1.807) is 12.3 Å². The fourth-order valence-corrected chi connectivity index (χ4v) is 3.14. The number of aromatic nitrogens is 3. The van der Waals surface area contributed by atoms with Crippen molar-refractivity contribution in [3.8, 4) is 0 Å². The zero-order valence-electron chi connectivity index (χ0n) is 12.5. The van der Waals surface area contributed by atoms with E-state index in [-0.39, 0.29) is 17.5 Å². The topological polar surface area (TPSA) is 79.8 Å². The Morgan fingerprint density at radius 2 is 2.22 bits per heavy atom. The average Bonchev–Trinajstić information content (AvgIpc) is 3.01. The summed E-state index contributed by atoms with van der Waals surface area (Å²) < 4.78 is 2.06. The number of nitrogens with zero attached hydrogens (tertiary/aromatic N) is 2. The van der Waals surface area contributed by atoms with Gasteiger partial charge in [0.2, 0.25) is 5.56 Å². The van der Waals surface area contributed by atoms with E-state index in [1.165, 1.54) is 6.07 Å². The molecule has 1 atom stereocenters. The number of carbonyl (C=O) groups is 1. The first-order valence-electron chi connectivity index (χ1n) is 7.63. The van der Waals surface area contributed by atoms with Gasteiger partial charge < -0.3 is 14.9 Å². The number of aryl methyl sites for hydroxylation is 1. The maximum absolute atomic E-state index is 12.6. The van der Waals surface area contributed by atoms with E-state index < -0.39 is 0 Å². The number of carbonyl (C=O) groups excluding carboxylic acids is 1. The zero-order chi connectivity index (χ0) is 15.8. The van der Waals surface area contributed by atoms with Gasteiger partial charge in [0.1, 0.15) is 5.82 Å². The summed E-state index contributed by atoms with van der Waals surface area (Å²) >= 11 is 0. The molecule has 1 unspecified atom stereocenters. The lowest BCUT2D eigenvalue weighted by Crippen LogP contribution is -2.41. The highest BCUT2D eigenvalue weighted by Gasteiger charge is 2.21. The maximum Gasteiger partial charge on any atom is 0.252 e. The van der Waals surface area contributed by atoms with E-state index in [0.29, 0.717) is 17.6 Å². The molecule has 2 aromatic heterocycles. The minimum Gasteiger partial charge on any atom is -0.347 e. The lowest BCUT2D eigenvalue weighted by Gasteiger charge is -2.24. The van der Waals surface area contributed by atoms with Gasteiger partial charge in [-0.2, -0.15) is 0 Å². The predicted molar refractivity (Wildman–Crippen MR) is 86.4 cm³/mol. The fraction of sp³-hybridized carbons (Fsp3) is 0.235. The third kappa shape index (κ3) is 2.52. The second-order valence-corrected chi connectivity index (χ2v) is 5.80. The Hall–Kier alpha value is -2.89. The molecule has 0 saturated carbocycles. The Morgan fingerprint density at radius 3 is 3.13 bits per heavy atom. The van der Waals surface area contributed by atoms with Crippen LogP contribution in [-0.2, 0) is 13.0 Å². The smallest absolute Gasteiger partial charge is 0.252 e. The van der Waals surface area contributed by atoms with Crippen LogP contribution in [0.2, 0.25) is 0 Å². The monoisotopic (exact) mass is 308 g/mol. The first-order valence-corrected chi connectivity index (χ1v) is 7.63. The number of H-pyrrole nitrogens is 1. The van der Waals surface area contributed by atoms with Crippen molar-refractivity contribution in [1.29, 1.82) is 0 Å². The van der Waals surface area contributed by atoms with E-state index >= 15 is 0 Å². The molecule has 1 amide bonds. The van der Waals surface area contributed by atoms with Gasteiger partial charge in [-0.05, 0) is 12.5 Å². The lowest BCUT2D eigenvalue weighted by molar-refractivity contribution is 0.0929. The average molecular weight is 308 g/mol. The van der Waals surface area contributed by atoms with Crippen molar-refractivity contribution < 1.29 is 4.79 Å². The second-order valence-electron chi connectivity index (χ2n) is 5.80. The number of fused-ring (bicyclic) bond motifs is 2. The molecule has 4 rings (SSSR count). The number of aromatic amines is 1. The van der Waals surface area contributed by atoms with Crippen LogP contribution in [0.25, 0.3) is 10.9 Å². The van der Waals surface area contributed by atoms with Crippen molar-refractivity contribution in [3.63, 3.8) is 0 Å². The molecule has 0 bridgehead atoms. The van der Waals surface area contributed by atoms with Crippen LogP contribution in [0.15, 0.2) is 47.5 Å². The number of para-hydroxylation sites is 1. The fourth-order valence-electron chi connectivity index (χ4n) is 3.14. The molecule has 23 heavy (non-hydrogen) atoms. The van der Waals surface area contributed by atoms with E-state index in [0.717, 1.165) is 24.1 Å². The number of rotatable bonds is 2. The summed E-state index contributed by atoms with van der Waals surface area (Å²) in [4.78, 5) is 31.5. The quantitative estimate of drug-likeness (QED) is 0.752. The normalized spacial score (nSPS) is 17.0. The van der Waals surface area contributed by atoms with Gasteiger partial charge in [0.15, 0.2) is 0 Å². The van der Waals surface area contributed by atoms with Gasteiger partial charge in [-0.15, -0.1) is 0 Å². The van der Waals surface area contributed by atoms with E-state index in [1.807, 2.05) is 24.4 Å². The molecule has 3 aromatic rings. The van der Waals surface area contributed by atoms with Gasteiger partial charge in [-0.3, -0.25) is 9.59 Å². The summed E-state index contributed by atoms with van der Waals surface area (Å²) in [5, 5.41) is 3.80. The van der Waals surface area contributed by atoms with Crippen LogP contribution in [0.5, 0.6) is 0 Å². The second kappa shape index (κ2) is 5.39. The van der Waals surface area contributed by atoms with Crippen molar-refractivity contribution in [1.82, 2.24) is 19.9 Å². The number of hydrogen-bond acceptors (Lipinski definition) is 3. The van der Waals surface area contributed by atoms with Crippen LogP contribution in [-0.4, -0.2) is 26.5 Å². The van der Waals surface area contributed by atoms with Gasteiger partial charge in [0, 0.05) is 48.4 Å². The molecule has 6 nitrogen and oxygen atoms in total. The van der Waals surface area contributed by atoms with Gasteiger partial charge in [-0.1, -0.05) is 18.2 Å². The highest BCUT2D eigenvalue weighted by molar-refractivity contribution is 6.06. The molecule has 116 valence electrons. The van der Waals surface area contributed by atoms with Gasteiger partial charge in [-0.25, -0.2) is 4.98 Å². The Balaban J connectivity index is 1.62. The first-order chi connectivity index (χ1) is 11.2. The SMILES string of the molecule is O=C(NC1CCc2nccn2C1)c1cc(=O)[nH]c2ccccc12. The summed E-state index contributed by atoms with van der Waals surface area (Å²) in [7, 11) is 0. The van der Waals surface area contributed by atoms with E-state index in [9.17, 15) is 9.59 Å². The summed E-state index contributed by atoms with van der Waals surface area (Å²) in [5.74, 6) is 0.845. The molecule has 6 heteroatoms. The van der Waals surface area contributed by atoms with E-state index in [2.05, 4.69) is 19.9 Å². The number of imidazole rings is 1. The van der Waals surface area contributed by atoms with Crippen molar-refractivity contribution in [3.05, 3.63) is 64.5 Å². The molecule has 0 fully saturated rings. The summed E-state index contributed by atoms with van der Waals surface area (Å²) in [6.07, 6.45) is 5.40. The lowest BCUT2D eigenvalue weighted by atomic mass is 10.0. The van der Waals surface area contributed by atoms with Gasteiger partial charge in [0.05, 0.1) is 5.56 Å². The Bertz CT molecular complexity index is 941. The molecule has 0 saturated heterocycles. The molecule has 1 aromatic carbocycles. The van der Waals surface area contributed by atoms with Gasteiger partial charge >= 0.3 is 0 Å². The van der Waals surface area contributed by atoms with Crippen LogP contribution in [0.3, 0.4) is 0 Å². The van der Waals surface area contributed by atoms with Crippen molar-refractivity contribution in [2.75, 3.05) is 0 Å². The largest absolute Gasteiger partial charge is 0.347 e. The zero-order valence-corrected chi connectivity index (χ0v) is 12.5. The summed E-state index contributed by atoms with van der Waals surface area (Å²) in [5.41, 5.74) is 0.820. The standard InChI is InChI=1S/C17H16N4O2/c22-16-9-13(12-3-1-2-4-14(12)20-16)17(23)19-11-5-6-15-18-7-8-21(15)10-11/h1-4,7-9,11H,5-6,10H2,(H,19,23)(H,20,22).